The molecule has 1 aromatic carbocycles. The first-order valence-electron chi connectivity index (χ1n) is 5.70. The van der Waals surface area contributed by atoms with Crippen LogP contribution in [-0.2, 0) is 17.1 Å². The number of benzene rings is 1. The Labute approximate surface area is 122 Å². The van der Waals surface area contributed by atoms with E-state index in [1.54, 1.807) is 31.3 Å². The highest BCUT2D eigenvalue weighted by Crippen LogP contribution is 2.21. The molecule has 6 nitrogen and oxygen atoms in total. The molecule has 106 valence electrons. The van der Waals surface area contributed by atoms with Gasteiger partial charge in [-0.15, -0.1) is 0 Å². The van der Waals surface area contributed by atoms with Gasteiger partial charge in [0.2, 0.25) is 0 Å². The largest absolute Gasteiger partial charge is 0.389 e. The van der Waals surface area contributed by atoms with Crippen LogP contribution in [0.5, 0.6) is 0 Å². The molecule has 2 N–H and O–H groups in total. The molecule has 1 heterocycles. The van der Waals surface area contributed by atoms with Gasteiger partial charge in [0.15, 0.2) is 0 Å². The van der Waals surface area contributed by atoms with Gasteiger partial charge in [-0.1, -0.05) is 12.2 Å². The van der Waals surface area contributed by atoms with Gasteiger partial charge >= 0.3 is 0 Å². The van der Waals surface area contributed by atoms with Crippen LogP contribution in [0, 0.1) is 0 Å². The zero-order chi connectivity index (χ0) is 14.9. The first kappa shape index (κ1) is 14.5. The average molecular weight is 310 g/mol. The van der Waals surface area contributed by atoms with Crippen molar-refractivity contribution in [2.45, 2.75) is 4.90 Å². The summed E-state index contributed by atoms with van der Waals surface area (Å²) in [5.41, 5.74) is 6.72. The van der Waals surface area contributed by atoms with Crippen LogP contribution in [0.25, 0.3) is 0 Å². The van der Waals surface area contributed by atoms with Crippen molar-refractivity contribution >= 4 is 32.9 Å². The number of anilines is 1. The highest BCUT2D eigenvalue weighted by molar-refractivity contribution is 7.92. The fourth-order valence-electron chi connectivity index (χ4n) is 1.66. The minimum absolute atomic E-state index is 0.140. The number of hydrogen-bond acceptors (Lipinski definition) is 4. The lowest BCUT2D eigenvalue weighted by molar-refractivity contribution is 0.594. The van der Waals surface area contributed by atoms with Gasteiger partial charge in [0.25, 0.3) is 10.0 Å². The second kappa shape index (κ2) is 5.22. The van der Waals surface area contributed by atoms with E-state index in [2.05, 4.69) is 5.10 Å². The molecule has 20 heavy (non-hydrogen) atoms. The van der Waals surface area contributed by atoms with E-state index in [0.717, 1.165) is 0 Å². The van der Waals surface area contributed by atoms with Crippen molar-refractivity contribution in [3.8, 4) is 0 Å². The molecule has 0 atom stereocenters. The molecule has 0 fully saturated rings. The molecule has 0 aliphatic carbocycles. The summed E-state index contributed by atoms with van der Waals surface area (Å²) in [5.74, 6) is 0. The quantitative estimate of drug-likeness (QED) is 0.848. The smallest absolute Gasteiger partial charge is 0.267 e. The number of aromatic nitrogens is 2. The van der Waals surface area contributed by atoms with Gasteiger partial charge in [0, 0.05) is 25.9 Å². The maximum atomic E-state index is 12.4. The van der Waals surface area contributed by atoms with E-state index in [0.29, 0.717) is 11.3 Å². The summed E-state index contributed by atoms with van der Waals surface area (Å²) in [5, 5.41) is 3.87. The molecule has 0 spiro atoms. The number of nitrogens with zero attached hydrogens (tertiary/aromatic N) is 3. The fraction of sp³-hybridized carbons (Fsp3) is 0.167. The lowest BCUT2D eigenvalue weighted by atomic mass is 10.2. The van der Waals surface area contributed by atoms with Crippen LogP contribution in [0.1, 0.15) is 5.56 Å². The molecule has 0 aliphatic rings. The summed E-state index contributed by atoms with van der Waals surface area (Å²) in [7, 11) is -0.471. The van der Waals surface area contributed by atoms with Gasteiger partial charge in [-0.05, 0) is 24.3 Å². The third-order valence-corrected chi connectivity index (χ3v) is 4.83. The molecular weight excluding hydrogens is 296 g/mol. The van der Waals surface area contributed by atoms with Crippen LogP contribution in [-0.4, -0.2) is 30.2 Å². The zero-order valence-electron chi connectivity index (χ0n) is 11.0. The number of hydrogen-bond donors (Lipinski definition) is 1. The normalized spacial score (nSPS) is 11.3. The Morgan fingerprint density at radius 2 is 1.95 bits per heavy atom. The molecule has 2 aromatic rings. The van der Waals surface area contributed by atoms with E-state index in [9.17, 15) is 8.42 Å². The van der Waals surface area contributed by atoms with Crippen LogP contribution in [0.15, 0.2) is 41.6 Å². The summed E-state index contributed by atoms with van der Waals surface area (Å²) < 4.78 is 27.4. The predicted octanol–water partition coefficient (Wildman–Crippen LogP) is 0.879. The zero-order valence-corrected chi connectivity index (χ0v) is 12.6. The maximum Gasteiger partial charge on any atom is 0.267 e. The monoisotopic (exact) mass is 310 g/mol. The van der Waals surface area contributed by atoms with E-state index in [-0.39, 0.29) is 9.88 Å². The highest BCUT2D eigenvalue weighted by Gasteiger charge is 2.22. The molecule has 0 saturated heterocycles. The average Bonchev–Trinajstić information content (AvgIpc) is 2.85. The molecule has 0 amide bonds. The van der Waals surface area contributed by atoms with Crippen molar-refractivity contribution < 1.29 is 8.42 Å². The van der Waals surface area contributed by atoms with Gasteiger partial charge in [-0.25, -0.2) is 8.42 Å². The van der Waals surface area contributed by atoms with Crippen LogP contribution < -0.4 is 10.0 Å². The Kier molecular flexibility index (Phi) is 3.78. The van der Waals surface area contributed by atoms with Gasteiger partial charge in [0.05, 0.1) is 11.9 Å². The van der Waals surface area contributed by atoms with Crippen molar-refractivity contribution in [2.75, 3.05) is 11.4 Å². The van der Waals surface area contributed by atoms with E-state index in [1.165, 1.54) is 28.4 Å². The lowest BCUT2D eigenvalue weighted by Gasteiger charge is -2.18. The molecule has 2 rings (SSSR count). The van der Waals surface area contributed by atoms with E-state index in [4.69, 9.17) is 18.0 Å². The summed E-state index contributed by atoms with van der Waals surface area (Å²) in [6.45, 7) is 0. The first-order chi connectivity index (χ1) is 9.32. The van der Waals surface area contributed by atoms with Gasteiger partial charge < -0.3 is 5.73 Å². The third-order valence-electron chi connectivity index (χ3n) is 2.86. The summed E-state index contributed by atoms with van der Waals surface area (Å²) in [6, 6.07) is 6.69. The predicted molar refractivity (Wildman–Crippen MR) is 81.1 cm³/mol. The lowest BCUT2D eigenvalue weighted by Crippen LogP contribution is -2.26. The number of aryl methyl sites for hydroxylation is 1. The SMILES string of the molecule is CN(c1ccc(C(N)=S)cc1)S(=O)(=O)c1cnn(C)c1. The Bertz CT molecular complexity index is 735. The summed E-state index contributed by atoms with van der Waals surface area (Å²) in [4.78, 5) is 0.412. The van der Waals surface area contributed by atoms with Crippen molar-refractivity contribution in [3.63, 3.8) is 0 Å². The Hall–Kier alpha value is -1.93. The second-order valence-electron chi connectivity index (χ2n) is 4.23. The molecule has 0 unspecified atom stereocenters. The first-order valence-corrected chi connectivity index (χ1v) is 7.54. The Morgan fingerprint density at radius 3 is 2.40 bits per heavy atom. The van der Waals surface area contributed by atoms with Crippen LogP contribution >= 0.6 is 12.2 Å². The number of sulfonamides is 1. The van der Waals surface area contributed by atoms with Crippen molar-refractivity contribution in [1.29, 1.82) is 0 Å². The Morgan fingerprint density at radius 1 is 1.35 bits per heavy atom. The van der Waals surface area contributed by atoms with Crippen LogP contribution in [0.4, 0.5) is 5.69 Å². The number of thiocarbonyl (C=S) groups is 1. The van der Waals surface area contributed by atoms with Crippen molar-refractivity contribution in [3.05, 3.63) is 42.2 Å². The molecule has 0 aliphatic heterocycles. The molecule has 8 heteroatoms. The summed E-state index contributed by atoms with van der Waals surface area (Å²) in [6.07, 6.45) is 2.77. The molecular formula is C12H14N4O2S2. The van der Waals surface area contributed by atoms with Gasteiger partial charge in [-0.2, -0.15) is 5.10 Å². The van der Waals surface area contributed by atoms with E-state index < -0.39 is 10.0 Å². The van der Waals surface area contributed by atoms with Crippen molar-refractivity contribution in [2.24, 2.45) is 12.8 Å². The van der Waals surface area contributed by atoms with E-state index in [1.807, 2.05) is 0 Å². The molecule has 0 radical (unpaired) electrons. The number of rotatable bonds is 4. The molecule has 1 aromatic heterocycles. The van der Waals surface area contributed by atoms with Crippen molar-refractivity contribution in [1.82, 2.24) is 9.78 Å². The van der Waals surface area contributed by atoms with Crippen LogP contribution in [0.3, 0.4) is 0 Å². The van der Waals surface area contributed by atoms with E-state index >= 15 is 0 Å². The minimum atomic E-state index is -3.62. The standard InChI is InChI=1S/C12H14N4O2S2/c1-15-8-11(7-14-15)20(17,18)16(2)10-5-3-9(4-6-10)12(13)19/h3-8H,1-2H3,(H2,13,19). The topological polar surface area (TPSA) is 81.2 Å². The fourth-order valence-corrected chi connectivity index (χ4v) is 2.98. The summed E-state index contributed by atoms with van der Waals surface area (Å²) >= 11 is 4.86. The minimum Gasteiger partial charge on any atom is -0.389 e. The number of nitrogens with two attached hydrogens (primary N) is 1. The third kappa shape index (κ3) is 2.66. The van der Waals surface area contributed by atoms with Crippen LogP contribution in [0.2, 0.25) is 0 Å². The molecule has 0 saturated carbocycles. The van der Waals surface area contributed by atoms with Gasteiger partial charge in [0.1, 0.15) is 9.88 Å². The van der Waals surface area contributed by atoms with Gasteiger partial charge in [-0.3, -0.25) is 8.99 Å². The maximum absolute atomic E-state index is 12.4. The Balaban J connectivity index is 2.35. The highest BCUT2D eigenvalue weighted by atomic mass is 32.2. The second-order valence-corrected chi connectivity index (χ2v) is 6.64. The molecule has 0 bridgehead atoms.